The van der Waals surface area contributed by atoms with E-state index in [9.17, 15) is 14.7 Å². The van der Waals surface area contributed by atoms with Crippen LogP contribution in [0.1, 0.15) is 219 Å². The van der Waals surface area contributed by atoms with Crippen molar-refractivity contribution in [3.63, 3.8) is 0 Å². The topological polar surface area (TPSA) is 72.8 Å². The molecule has 5 heteroatoms. The SMILES string of the molecule is CCC=CCC=CCC=CCC=CCC=CCCCCCC(=O)OC[C@H](CO)OC(=O)CCCCCCCCCCCCCCCCCCCCCCC. The first-order valence-electron chi connectivity index (χ1n) is 22.8. The van der Waals surface area contributed by atoms with E-state index in [0.29, 0.717) is 12.8 Å². The highest BCUT2D eigenvalue weighted by molar-refractivity contribution is 5.70. The quantitative estimate of drug-likeness (QED) is 0.0382. The molecule has 0 bridgehead atoms. The van der Waals surface area contributed by atoms with Crippen LogP contribution in [0.5, 0.6) is 0 Å². The van der Waals surface area contributed by atoms with Gasteiger partial charge in [0.15, 0.2) is 6.10 Å². The Morgan fingerprint density at radius 3 is 1.20 bits per heavy atom. The van der Waals surface area contributed by atoms with Gasteiger partial charge in [-0.3, -0.25) is 9.59 Å². The van der Waals surface area contributed by atoms with Crippen LogP contribution in [0.4, 0.5) is 0 Å². The van der Waals surface area contributed by atoms with Gasteiger partial charge in [-0.1, -0.05) is 209 Å². The maximum Gasteiger partial charge on any atom is 0.306 e. The Labute approximate surface area is 334 Å². The van der Waals surface area contributed by atoms with Crippen LogP contribution >= 0.6 is 0 Å². The minimum Gasteiger partial charge on any atom is -0.462 e. The maximum absolute atomic E-state index is 12.2. The fraction of sp³-hybridized carbons (Fsp3) is 0.755. The molecule has 0 amide bonds. The molecule has 0 spiro atoms. The largest absolute Gasteiger partial charge is 0.462 e. The van der Waals surface area contributed by atoms with Crippen molar-refractivity contribution < 1.29 is 24.2 Å². The summed E-state index contributed by atoms with van der Waals surface area (Å²) in [5.74, 6) is -0.623. The van der Waals surface area contributed by atoms with E-state index in [1.54, 1.807) is 0 Å². The Kier molecular flexibility index (Phi) is 43.0. The number of esters is 2. The summed E-state index contributed by atoms with van der Waals surface area (Å²) in [5.41, 5.74) is 0. The van der Waals surface area contributed by atoms with Gasteiger partial charge in [0.1, 0.15) is 6.61 Å². The molecule has 0 aliphatic heterocycles. The van der Waals surface area contributed by atoms with Crippen LogP contribution in [0.15, 0.2) is 60.8 Å². The first-order chi connectivity index (χ1) is 26.6. The normalized spacial score (nSPS) is 12.7. The minimum absolute atomic E-state index is 0.0829. The van der Waals surface area contributed by atoms with Crippen LogP contribution in [-0.4, -0.2) is 36.4 Å². The number of carbonyl (C=O) groups excluding carboxylic acids is 2. The number of allylic oxidation sites excluding steroid dienone is 10. The third-order valence-electron chi connectivity index (χ3n) is 9.83. The minimum atomic E-state index is -0.785. The molecule has 1 N–H and O–H groups in total. The summed E-state index contributed by atoms with van der Waals surface area (Å²) in [7, 11) is 0. The highest BCUT2D eigenvalue weighted by Gasteiger charge is 2.16. The zero-order valence-corrected chi connectivity index (χ0v) is 35.5. The standard InChI is InChI=1S/C49H86O5/c1-3-5-7-9-11-13-15-17-19-21-23-24-26-28-30-32-34-36-38-40-42-44-49(52)54-47(45-50)46-53-48(51)43-41-39-37-35-33-31-29-27-25-22-20-18-16-14-12-10-8-6-4-2/h6,8,12,14,18,20,25,27,31,33,47,50H,3-5,7,9-11,13,15-17,19,21-24,26,28-30,32,34-46H2,1-2H3/t47-/m0/s1. The van der Waals surface area contributed by atoms with Gasteiger partial charge >= 0.3 is 11.9 Å². The van der Waals surface area contributed by atoms with Crippen molar-refractivity contribution in [3.8, 4) is 0 Å². The highest BCUT2D eigenvalue weighted by atomic mass is 16.6. The van der Waals surface area contributed by atoms with Gasteiger partial charge in [-0.2, -0.15) is 0 Å². The molecule has 0 heterocycles. The van der Waals surface area contributed by atoms with E-state index in [2.05, 4.69) is 74.6 Å². The van der Waals surface area contributed by atoms with Crippen LogP contribution < -0.4 is 0 Å². The van der Waals surface area contributed by atoms with Gasteiger partial charge in [0.2, 0.25) is 0 Å². The molecular formula is C49H86O5. The fourth-order valence-electron chi connectivity index (χ4n) is 6.41. The van der Waals surface area contributed by atoms with Crippen LogP contribution in [0.3, 0.4) is 0 Å². The molecule has 0 aromatic carbocycles. The average Bonchev–Trinajstić information content (AvgIpc) is 3.17. The van der Waals surface area contributed by atoms with Crippen molar-refractivity contribution in [2.24, 2.45) is 0 Å². The second-order valence-corrected chi connectivity index (χ2v) is 15.1. The number of unbranched alkanes of at least 4 members (excludes halogenated alkanes) is 23. The molecule has 312 valence electrons. The Morgan fingerprint density at radius 1 is 0.444 bits per heavy atom. The molecule has 0 fully saturated rings. The van der Waals surface area contributed by atoms with Gasteiger partial charge in [0.25, 0.3) is 0 Å². The molecule has 54 heavy (non-hydrogen) atoms. The molecule has 0 unspecified atom stereocenters. The summed E-state index contributed by atoms with van der Waals surface area (Å²) >= 11 is 0. The second kappa shape index (κ2) is 45.0. The van der Waals surface area contributed by atoms with Crippen molar-refractivity contribution in [2.75, 3.05) is 13.2 Å². The van der Waals surface area contributed by atoms with E-state index >= 15 is 0 Å². The molecule has 1 atom stereocenters. The van der Waals surface area contributed by atoms with Gasteiger partial charge in [-0.05, 0) is 57.8 Å². The molecule has 0 aliphatic rings. The first kappa shape index (κ1) is 51.6. The molecular weight excluding hydrogens is 669 g/mol. The predicted molar refractivity (Wildman–Crippen MR) is 233 cm³/mol. The summed E-state index contributed by atoms with van der Waals surface area (Å²) in [5, 5.41) is 9.59. The highest BCUT2D eigenvalue weighted by Crippen LogP contribution is 2.16. The summed E-state index contributed by atoms with van der Waals surface area (Å²) < 4.78 is 10.6. The molecule has 0 aromatic heterocycles. The van der Waals surface area contributed by atoms with Gasteiger partial charge in [-0.15, -0.1) is 0 Å². The number of aliphatic hydroxyl groups is 1. The average molecular weight is 755 g/mol. The lowest BCUT2D eigenvalue weighted by Gasteiger charge is -2.15. The van der Waals surface area contributed by atoms with E-state index in [4.69, 9.17) is 9.47 Å². The molecule has 5 nitrogen and oxygen atoms in total. The number of carbonyl (C=O) groups is 2. The Bertz CT molecular complexity index is 946. The zero-order chi connectivity index (χ0) is 39.3. The van der Waals surface area contributed by atoms with Crippen LogP contribution in [0, 0.1) is 0 Å². The van der Waals surface area contributed by atoms with Crippen molar-refractivity contribution in [3.05, 3.63) is 60.8 Å². The molecule has 0 aromatic rings. The smallest absolute Gasteiger partial charge is 0.306 e. The molecule has 0 rings (SSSR count). The first-order valence-corrected chi connectivity index (χ1v) is 22.8. The van der Waals surface area contributed by atoms with Gasteiger partial charge in [0.05, 0.1) is 6.61 Å². The van der Waals surface area contributed by atoms with E-state index in [1.165, 1.54) is 116 Å². The third-order valence-corrected chi connectivity index (χ3v) is 9.83. The van der Waals surface area contributed by atoms with Crippen LogP contribution in [0.25, 0.3) is 0 Å². The molecule has 0 radical (unpaired) electrons. The van der Waals surface area contributed by atoms with Gasteiger partial charge in [0, 0.05) is 12.8 Å². The summed E-state index contributed by atoms with van der Waals surface area (Å²) in [6.07, 6.45) is 58.7. The summed E-state index contributed by atoms with van der Waals surface area (Å²) in [6, 6.07) is 0. The van der Waals surface area contributed by atoms with E-state index in [0.717, 1.165) is 77.0 Å². The van der Waals surface area contributed by atoms with E-state index in [1.807, 2.05) is 0 Å². The van der Waals surface area contributed by atoms with E-state index in [-0.39, 0.29) is 25.2 Å². The lowest BCUT2D eigenvalue weighted by Crippen LogP contribution is -2.28. The number of hydrogen-bond donors (Lipinski definition) is 1. The lowest BCUT2D eigenvalue weighted by atomic mass is 10.0. The van der Waals surface area contributed by atoms with E-state index < -0.39 is 6.10 Å². The Balaban J connectivity index is 3.57. The maximum atomic E-state index is 12.2. The number of rotatable bonds is 41. The van der Waals surface area contributed by atoms with Crippen molar-refractivity contribution >= 4 is 11.9 Å². The summed E-state index contributed by atoms with van der Waals surface area (Å²) in [6.45, 7) is 4.01. The van der Waals surface area contributed by atoms with Crippen LogP contribution in [-0.2, 0) is 19.1 Å². The Morgan fingerprint density at radius 2 is 0.796 bits per heavy atom. The predicted octanol–water partition coefficient (Wildman–Crippen LogP) is 14.7. The molecule has 0 saturated heterocycles. The number of ether oxygens (including phenoxy) is 2. The lowest BCUT2D eigenvalue weighted by molar-refractivity contribution is -0.161. The summed E-state index contributed by atoms with van der Waals surface area (Å²) in [4.78, 5) is 24.4. The van der Waals surface area contributed by atoms with Crippen molar-refractivity contribution in [2.45, 2.75) is 225 Å². The molecule has 0 saturated carbocycles. The fourth-order valence-corrected chi connectivity index (χ4v) is 6.41. The van der Waals surface area contributed by atoms with Crippen LogP contribution in [0.2, 0.25) is 0 Å². The number of hydrogen-bond acceptors (Lipinski definition) is 5. The molecule has 0 aliphatic carbocycles. The Hall–Kier alpha value is -2.40. The second-order valence-electron chi connectivity index (χ2n) is 15.1. The third kappa shape index (κ3) is 42.3. The van der Waals surface area contributed by atoms with Gasteiger partial charge in [-0.25, -0.2) is 0 Å². The van der Waals surface area contributed by atoms with Crippen molar-refractivity contribution in [1.29, 1.82) is 0 Å². The van der Waals surface area contributed by atoms with Gasteiger partial charge < -0.3 is 14.6 Å². The zero-order valence-electron chi connectivity index (χ0n) is 35.5. The monoisotopic (exact) mass is 755 g/mol. The number of aliphatic hydroxyl groups excluding tert-OH is 1. The van der Waals surface area contributed by atoms with Crippen molar-refractivity contribution in [1.82, 2.24) is 0 Å².